The minimum atomic E-state index is -0.403. The molecule has 0 aromatic heterocycles. The van der Waals surface area contributed by atoms with E-state index in [4.69, 9.17) is 9.98 Å². The largest absolute Gasteiger partial charge is 2.00 e. The molecular weight excluding hydrogens is 1010 g/mol. The van der Waals surface area contributed by atoms with Crippen molar-refractivity contribution >= 4 is 23.3 Å². The SMILES string of the molecule is CCCCCCCCCCCCCCCCCCCCCCc1cccc(N=CC(CCCCCCCC)=Nc2cccc(CCCCCCCCCCCCCCCCCCCCCC)c2)c1.CCc1cccc([O-])c1[O-].[Ni+2]. The number of hydrogen-bond donors (Lipinski definition) is 0. The number of aliphatic imine (C=N–C) groups is 2. The summed E-state index contributed by atoms with van der Waals surface area (Å²) < 4.78 is 0. The summed E-state index contributed by atoms with van der Waals surface area (Å²) in [7, 11) is 0. The first-order valence-electron chi connectivity index (χ1n) is 34.3. The molecule has 0 spiro atoms. The van der Waals surface area contributed by atoms with E-state index in [1.807, 2.05) is 6.92 Å². The predicted molar refractivity (Wildman–Crippen MR) is 344 cm³/mol. The van der Waals surface area contributed by atoms with Crippen molar-refractivity contribution < 1.29 is 26.7 Å². The van der Waals surface area contributed by atoms with Crippen molar-refractivity contribution in [3.8, 4) is 11.5 Å². The number of rotatable bonds is 53. The first kappa shape index (κ1) is 74.1. The van der Waals surface area contributed by atoms with Gasteiger partial charge in [0.2, 0.25) is 0 Å². The molecule has 0 atom stereocenters. The molecule has 0 saturated heterocycles. The van der Waals surface area contributed by atoms with Crippen LogP contribution in [0.15, 0.2) is 76.7 Å². The van der Waals surface area contributed by atoms with Crippen molar-refractivity contribution in [3.05, 3.63) is 83.4 Å². The fourth-order valence-corrected chi connectivity index (χ4v) is 11.1. The maximum atomic E-state index is 10.9. The molecule has 3 aromatic carbocycles. The zero-order valence-electron chi connectivity index (χ0n) is 52.3. The Morgan fingerprint density at radius 1 is 0.354 bits per heavy atom. The van der Waals surface area contributed by atoms with Crippen LogP contribution in [0.2, 0.25) is 0 Å². The predicted octanol–water partition coefficient (Wildman–Crippen LogP) is 24.0. The van der Waals surface area contributed by atoms with E-state index < -0.39 is 5.75 Å². The molecule has 4 nitrogen and oxygen atoms in total. The molecule has 0 unspecified atom stereocenters. The zero-order chi connectivity index (χ0) is 55.9. The summed E-state index contributed by atoms with van der Waals surface area (Å²) in [6.45, 7) is 8.78. The fraction of sp³-hybridized carbons (Fsp3) is 0.730. The number of para-hydroxylation sites is 1. The molecule has 5 heteroatoms. The maximum Gasteiger partial charge on any atom is 2.00 e. The van der Waals surface area contributed by atoms with Gasteiger partial charge in [0.05, 0.1) is 17.1 Å². The Kier molecular flexibility index (Phi) is 53.4. The summed E-state index contributed by atoms with van der Waals surface area (Å²) in [6, 6.07) is 22.6. The van der Waals surface area contributed by atoms with E-state index in [1.54, 1.807) is 12.1 Å². The number of nitrogens with zero attached hydrogens (tertiary/aromatic N) is 2. The van der Waals surface area contributed by atoms with Crippen molar-refractivity contribution in [2.75, 3.05) is 0 Å². The van der Waals surface area contributed by atoms with Gasteiger partial charge in [0.25, 0.3) is 0 Å². The molecule has 79 heavy (non-hydrogen) atoms. The third-order valence-corrected chi connectivity index (χ3v) is 16.3. The van der Waals surface area contributed by atoms with Crippen LogP contribution >= 0.6 is 0 Å². The van der Waals surface area contributed by atoms with Crippen molar-refractivity contribution in [2.24, 2.45) is 9.98 Å². The monoisotopic (exact) mass is 1130 g/mol. The number of benzene rings is 3. The third kappa shape index (κ3) is 45.3. The number of hydrogen-bond acceptors (Lipinski definition) is 4. The molecular formula is C74H124N2NiO2. The van der Waals surface area contributed by atoms with Crippen LogP contribution in [0.1, 0.15) is 346 Å². The molecule has 0 fully saturated rings. The summed E-state index contributed by atoms with van der Waals surface area (Å²) in [5.41, 5.74) is 6.75. The molecule has 452 valence electrons. The van der Waals surface area contributed by atoms with Gasteiger partial charge >= 0.3 is 16.5 Å². The quantitative estimate of drug-likeness (QED) is 0.0321. The molecule has 3 rings (SSSR count). The standard InChI is InChI=1S/C66H116N2.C8H10O2.Ni/c1-4-7-10-13-16-18-20-22-24-26-28-30-32-34-36-38-40-42-44-47-52-62-54-50-57-64(59-62)67-61-66(56-49-46-15-12-9-6-3)68-65-58-51-55-63(60-65)53-48-45-43-41-39-37-35-33-31-29-27-25-23-21-19-17-14-11-8-5-2;1-2-6-4-3-5-7(9)8(6)10;/h50-51,54-55,57-61H,4-49,52-53,56H2,1-3H3;3-5,9-10H,2H2,1H3;/q;;+2/p-2. The van der Waals surface area contributed by atoms with Crippen LogP contribution in [0.5, 0.6) is 11.5 Å². The van der Waals surface area contributed by atoms with Crippen molar-refractivity contribution in [1.82, 2.24) is 0 Å². The second-order valence-electron chi connectivity index (χ2n) is 23.8. The fourth-order valence-electron chi connectivity index (χ4n) is 11.1. The molecule has 0 heterocycles. The van der Waals surface area contributed by atoms with Crippen LogP contribution in [-0.4, -0.2) is 11.9 Å². The van der Waals surface area contributed by atoms with Gasteiger partial charge in [-0.3, -0.25) is 9.98 Å². The van der Waals surface area contributed by atoms with Gasteiger partial charge in [0, 0.05) is 6.21 Å². The minimum absolute atomic E-state index is 0. The Morgan fingerprint density at radius 3 is 1.00 bits per heavy atom. The van der Waals surface area contributed by atoms with E-state index in [1.165, 1.54) is 313 Å². The summed E-state index contributed by atoms with van der Waals surface area (Å²) in [4.78, 5) is 10.3. The molecule has 0 saturated carbocycles. The van der Waals surface area contributed by atoms with Crippen molar-refractivity contribution in [2.45, 2.75) is 349 Å². The Balaban J connectivity index is 0.00000253. The summed E-state index contributed by atoms with van der Waals surface area (Å²) in [5.74, 6) is -0.760. The van der Waals surface area contributed by atoms with Gasteiger partial charge in [-0.2, -0.15) is 0 Å². The van der Waals surface area contributed by atoms with E-state index in [9.17, 15) is 10.2 Å². The second-order valence-corrected chi connectivity index (χ2v) is 23.8. The van der Waals surface area contributed by atoms with Gasteiger partial charge in [-0.1, -0.05) is 352 Å². The average Bonchev–Trinajstić information content (AvgIpc) is 3.45. The minimum Gasteiger partial charge on any atom is -0.873 e. The molecule has 0 N–H and O–H groups in total. The van der Waals surface area contributed by atoms with Crippen molar-refractivity contribution in [3.63, 3.8) is 0 Å². The molecule has 0 aliphatic heterocycles. The van der Waals surface area contributed by atoms with Gasteiger partial charge in [0.1, 0.15) is 0 Å². The van der Waals surface area contributed by atoms with E-state index in [-0.39, 0.29) is 22.2 Å². The van der Waals surface area contributed by atoms with Crippen LogP contribution < -0.4 is 10.2 Å². The van der Waals surface area contributed by atoms with Crippen LogP contribution in [0.25, 0.3) is 0 Å². The number of aryl methyl sites for hydroxylation is 3. The molecule has 3 aromatic rings. The summed E-state index contributed by atoms with van der Waals surface area (Å²) >= 11 is 0. The molecule has 0 aliphatic rings. The molecule has 0 radical (unpaired) electrons. The van der Waals surface area contributed by atoms with Crippen LogP contribution in [0.4, 0.5) is 11.4 Å². The van der Waals surface area contributed by atoms with Crippen LogP contribution in [0, 0.1) is 0 Å². The normalized spacial score (nSPS) is 11.6. The average molecular weight is 1130 g/mol. The molecule has 0 bridgehead atoms. The summed E-state index contributed by atoms with van der Waals surface area (Å²) in [6.07, 6.45) is 71.1. The van der Waals surface area contributed by atoms with E-state index in [2.05, 4.69) is 75.5 Å². The van der Waals surface area contributed by atoms with Crippen LogP contribution in [0.3, 0.4) is 0 Å². The maximum absolute atomic E-state index is 10.9. The number of unbranched alkanes of at least 4 members (excludes halogenated alkanes) is 43. The van der Waals surface area contributed by atoms with Gasteiger partial charge < -0.3 is 10.2 Å². The van der Waals surface area contributed by atoms with Gasteiger partial charge in [-0.15, -0.1) is 11.5 Å². The zero-order valence-corrected chi connectivity index (χ0v) is 53.3. The first-order valence-corrected chi connectivity index (χ1v) is 34.3. The van der Waals surface area contributed by atoms with Gasteiger partial charge in [-0.25, -0.2) is 0 Å². The molecule has 0 aliphatic carbocycles. The van der Waals surface area contributed by atoms with Gasteiger partial charge in [-0.05, 0) is 80.3 Å². The van der Waals surface area contributed by atoms with E-state index in [0.717, 1.165) is 36.3 Å². The van der Waals surface area contributed by atoms with Crippen molar-refractivity contribution in [1.29, 1.82) is 0 Å². The summed E-state index contributed by atoms with van der Waals surface area (Å²) in [5, 5.41) is 21.6. The third-order valence-electron chi connectivity index (χ3n) is 16.3. The van der Waals surface area contributed by atoms with Gasteiger partial charge in [0.15, 0.2) is 0 Å². The van der Waals surface area contributed by atoms with E-state index >= 15 is 0 Å². The Bertz CT molecular complexity index is 1820. The smallest absolute Gasteiger partial charge is 0.873 e. The second kappa shape index (κ2) is 56.9. The van der Waals surface area contributed by atoms with E-state index in [0.29, 0.717) is 12.0 Å². The Hall–Kier alpha value is -2.91. The Labute approximate surface area is 500 Å². The topological polar surface area (TPSA) is 70.8 Å². The first-order chi connectivity index (χ1) is 38.5. The Morgan fingerprint density at radius 2 is 0.658 bits per heavy atom. The molecule has 0 amide bonds. The van der Waals surface area contributed by atoms with Crippen LogP contribution in [-0.2, 0) is 35.8 Å².